The third-order valence-electron chi connectivity index (χ3n) is 3.84. The van der Waals surface area contributed by atoms with Crippen LogP contribution in [0.5, 0.6) is 5.75 Å². The minimum absolute atomic E-state index is 0.00109. The number of anilines is 1. The van der Waals surface area contributed by atoms with Crippen LogP contribution in [0.1, 0.15) is 45.1 Å². The zero-order valence-electron chi connectivity index (χ0n) is 14.9. The van der Waals surface area contributed by atoms with Gasteiger partial charge < -0.3 is 15.0 Å². The van der Waals surface area contributed by atoms with Crippen LogP contribution in [-0.4, -0.2) is 36.9 Å². The van der Waals surface area contributed by atoms with Gasteiger partial charge in [-0.2, -0.15) is 0 Å². The maximum absolute atomic E-state index is 12.2. The number of aryl methyl sites for hydroxylation is 1. The number of nitrogens with one attached hydrogen (secondary N) is 1. The first-order valence-corrected chi connectivity index (χ1v) is 8.66. The second kappa shape index (κ2) is 10.2. The number of rotatable bonds is 9. The van der Waals surface area contributed by atoms with Crippen LogP contribution in [0.4, 0.5) is 5.69 Å². The summed E-state index contributed by atoms with van der Waals surface area (Å²) in [4.78, 5) is 25.6. The van der Waals surface area contributed by atoms with Crippen LogP contribution in [0.25, 0.3) is 0 Å². The molecule has 0 spiro atoms. The first-order valence-electron chi connectivity index (χ1n) is 8.28. The summed E-state index contributed by atoms with van der Waals surface area (Å²) in [7, 11) is 1.53. The van der Waals surface area contributed by atoms with Crippen molar-refractivity contribution >= 4 is 29.1 Å². The molecule has 2 amide bonds. The Morgan fingerprint density at radius 2 is 1.96 bits per heavy atom. The van der Waals surface area contributed by atoms with Crippen molar-refractivity contribution in [1.29, 1.82) is 0 Å². The molecule has 134 valence electrons. The Hall–Kier alpha value is -1.75. The molecule has 0 bridgehead atoms. The van der Waals surface area contributed by atoms with E-state index in [0.717, 1.165) is 24.8 Å². The van der Waals surface area contributed by atoms with E-state index in [2.05, 4.69) is 12.2 Å². The second-order valence-corrected chi connectivity index (χ2v) is 6.22. The summed E-state index contributed by atoms with van der Waals surface area (Å²) < 4.78 is 5.25. The molecule has 0 fully saturated rings. The van der Waals surface area contributed by atoms with Crippen LogP contribution in [0.2, 0.25) is 5.02 Å². The minimum Gasteiger partial charge on any atom is -0.495 e. The van der Waals surface area contributed by atoms with Crippen LogP contribution < -0.4 is 10.1 Å². The van der Waals surface area contributed by atoms with Gasteiger partial charge in [0.2, 0.25) is 11.8 Å². The molecule has 0 radical (unpaired) electrons. The first kappa shape index (κ1) is 20.3. The van der Waals surface area contributed by atoms with Gasteiger partial charge in [-0.15, -0.1) is 0 Å². The molecule has 1 aromatic carbocycles. The van der Waals surface area contributed by atoms with Gasteiger partial charge >= 0.3 is 0 Å². The van der Waals surface area contributed by atoms with Crippen LogP contribution in [0, 0.1) is 6.92 Å². The van der Waals surface area contributed by atoms with Crippen molar-refractivity contribution in [1.82, 2.24) is 4.90 Å². The summed E-state index contributed by atoms with van der Waals surface area (Å²) in [6.07, 6.45) is 3.39. The van der Waals surface area contributed by atoms with E-state index in [1.165, 1.54) is 14.0 Å². The van der Waals surface area contributed by atoms with Crippen molar-refractivity contribution in [3.8, 4) is 5.75 Å². The Labute approximate surface area is 149 Å². The predicted octanol–water partition coefficient (Wildman–Crippen LogP) is 4.02. The summed E-state index contributed by atoms with van der Waals surface area (Å²) >= 11 is 6.06. The maximum Gasteiger partial charge on any atom is 0.226 e. The average molecular weight is 355 g/mol. The molecule has 1 rings (SSSR count). The Morgan fingerprint density at radius 1 is 1.25 bits per heavy atom. The molecule has 1 aromatic rings. The quantitative estimate of drug-likeness (QED) is 0.681. The summed E-state index contributed by atoms with van der Waals surface area (Å²) in [5.74, 6) is 0.362. The van der Waals surface area contributed by atoms with Crippen molar-refractivity contribution in [2.24, 2.45) is 0 Å². The monoisotopic (exact) mass is 354 g/mol. The van der Waals surface area contributed by atoms with E-state index in [1.807, 2.05) is 6.92 Å². The number of hydrogen-bond donors (Lipinski definition) is 1. The van der Waals surface area contributed by atoms with E-state index in [4.69, 9.17) is 16.3 Å². The lowest BCUT2D eigenvalue weighted by Crippen LogP contribution is -2.33. The fourth-order valence-corrected chi connectivity index (χ4v) is 2.51. The smallest absolute Gasteiger partial charge is 0.226 e. The third-order valence-corrected chi connectivity index (χ3v) is 4.25. The fraction of sp³-hybridized carbons (Fsp3) is 0.556. The number of amides is 2. The van der Waals surface area contributed by atoms with E-state index >= 15 is 0 Å². The summed E-state index contributed by atoms with van der Waals surface area (Å²) in [6.45, 7) is 6.63. The van der Waals surface area contributed by atoms with Gasteiger partial charge in [-0.3, -0.25) is 9.59 Å². The van der Waals surface area contributed by atoms with Crippen molar-refractivity contribution < 1.29 is 14.3 Å². The number of carbonyl (C=O) groups is 2. The van der Waals surface area contributed by atoms with E-state index < -0.39 is 0 Å². The molecule has 0 atom stereocenters. The van der Waals surface area contributed by atoms with E-state index in [-0.39, 0.29) is 18.2 Å². The number of ether oxygens (including phenoxy) is 1. The lowest BCUT2D eigenvalue weighted by Gasteiger charge is -2.21. The number of benzene rings is 1. The standard InChI is InChI=1S/C18H27ClN2O3/c1-5-6-7-9-21(14(3)22)10-8-18(23)20-16-11-13(2)15(19)12-17(16)24-4/h11-12H,5-10H2,1-4H3,(H,20,23). The van der Waals surface area contributed by atoms with Crippen molar-refractivity contribution in [2.75, 3.05) is 25.5 Å². The Kier molecular flexibility index (Phi) is 8.61. The van der Waals surface area contributed by atoms with Gasteiger partial charge in [0.15, 0.2) is 0 Å². The topological polar surface area (TPSA) is 58.6 Å². The lowest BCUT2D eigenvalue weighted by molar-refractivity contribution is -0.129. The third kappa shape index (κ3) is 6.40. The highest BCUT2D eigenvalue weighted by Gasteiger charge is 2.13. The molecular weight excluding hydrogens is 328 g/mol. The first-order chi connectivity index (χ1) is 11.4. The van der Waals surface area contributed by atoms with Crippen LogP contribution in [0.3, 0.4) is 0 Å². The molecule has 0 unspecified atom stereocenters. The maximum atomic E-state index is 12.2. The SMILES string of the molecule is CCCCCN(CCC(=O)Nc1cc(C)c(Cl)cc1OC)C(C)=O. The molecule has 1 N–H and O–H groups in total. The lowest BCUT2D eigenvalue weighted by atomic mass is 10.2. The molecule has 0 aromatic heterocycles. The van der Waals surface area contributed by atoms with E-state index in [9.17, 15) is 9.59 Å². The van der Waals surface area contributed by atoms with Crippen molar-refractivity contribution in [3.63, 3.8) is 0 Å². The summed E-state index contributed by atoms with van der Waals surface area (Å²) in [6, 6.07) is 3.46. The van der Waals surface area contributed by atoms with Crippen LogP contribution >= 0.6 is 11.6 Å². The Bertz CT molecular complexity index is 576. The average Bonchev–Trinajstić information content (AvgIpc) is 2.53. The van der Waals surface area contributed by atoms with Gasteiger partial charge in [-0.1, -0.05) is 31.4 Å². The number of unbranched alkanes of at least 4 members (excludes halogenated alkanes) is 2. The number of hydrogen-bond acceptors (Lipinski definition) is 3. The highest BCUT2D eigenvalue weighted by Crippen LogP contribution is 2.30. The number of nitrogens with zero attached hydrogens (tertiary/aromatic N) is 1. The number of halogens is 1. The van der Waals surface area contributed by atoms with Gasteiger partial charge in [-0.25, -0.2) is 0 Å². The molecule has 0 aliphatic heterocycles. The van der Waals surface area contributed by atoms with E-state index in [0.29, 0.717) is 29.5 Å². The Balaban J connectivity index is 2.62. The fourth-order valence-electron chi connectivity index (χ4n) is 2.36. The molecule has 6 heteroatoms. The minimum atomic E-state index is -0.156. The highest BCUT2D eigenvalue weighted by atomic mass is 35.5. The van der Waals surface area contributed by atoms with Gasteiger partial charge in [0, 0.05) is 37.5 Å². The second-order valence-electron chi connectivity index (χ2n) is 5.81. The number of carbonyl (C=O) groups excluding carboxylic acids is 2. The molecule has 5 nitrogen and oxygen atoms in total. The van der Waals surface area contributed by atoms with Crippen LogP contribution in [0.15, 0.2) is 12.1 Å². The van der Waals surface area contributed by atoms with Gasteiger partial charge in [0.25, 0.3) is 0 Å². The molecule has 0 saturated carbocycles. The highest BCUT2D eigenvalue weighted by molar-refractivity contribution is 6.31. The summed E-state index contributed by atoms with van der Waals surface area (Å²) in [5, 5.41) is 3.42. The van der Waals surface area contributed by atoms with Crippen LogP contribution in [-0.2, 0) is 9.59 Å². The zero-order valence-corrected chi connectivity index (χ0v) is 15.7. The molecule has 0 aliphatic carbocycles. The van der Waals surface area contributed by atoms with Crippen molar-refractivity contribution in [2.45, 2.75) is 46.5 Å². The molecule has 0 aliphatic rings. The van der Waals surface area contributed by atoms with E-state index in [1.54, 1.807) is 17.0 Å². The summed E-state index contributed by atoms with van der Waals surface area (Å²) in [5.41, 5.74) is 1.45. The van der Waals surface area contributed by atoms with Gasteiger partial charge in [0.05, 0.1) is 12.8 Å². The van der Waals surface area contributed by atoms with Gasteiger partial charge in [0.1, 0.15) is 5.75 Å². The molecule has 24 heavy (non-hydrogen) atoms. The number of methoxy groups -OCH3 is 1. The van der Waals surface area contributed by atoms with Crippen molar-refractivity contribution in [3.05, 3.63) is 22.7 Å². The van der Waals surface area contributed by atoms with Gasteiger partial charge in [-0.05, 0) is 25.0 Å². The molecular formula is C18H27ClN2O3. The zero-order chi connectivity index (χ0) is 18.1. The normalized spacial score (nSPS) is 10.4. The molecule has 0 saturated heterocycles. The molecule has 0 heterocycles. The largest absolute Gasteiger partial charge is 0.495 e. The Morgan fingerprint density at radius 3 is 2.54 bits per heavy atom. The predicted molar refractivity (Wildman–Crippen MR) is 97.8 cm³/mol.